The topological polar surface area (TPSA) is 58.6 Å². The van der Waals surface area contributed by atoms with E-state index in [0.717, 1.165) is 17.7 Å². The summed E-state index contributed by atoms with van der Waals surface area (Å²) in [7, 11) is 1.61. The van der Waals surface area contributed by atoms with Gasteiger partial charge in [0.1, 0.15) is 11.8 Å². The summed E-state index contributed by atoms with van der Waals surface area (Å²) in [6, 6.07) is 7.05. The van der Waals surface area contributed by atoms with Gasteiger partial charge in [0, 0.05) is 19.5 Å². The van der Waals surface area contributed by atoms with Gasteiger partial charge in [0.2, 0.25) is 11.8 Å². The normalized spacial score (nSPS) is 11.6. The van der Waals surface area contributed by atoms with Crippen LogP contribution in [0.15, 0.2) is 24.3 Å². The zero-order valence-corrected chi connectivity index (χ0v) is 13.9. The Hall–Kier alpha value is -2.04. The van der Waals surface area contributed by atoms with Crippen molar-refractivity contribution in [3.63, 3.8) is 0 Å². The van der Waals surface area contributed by atoms with Crippen molar-refractivity contribution in [3.8, 4) is 5.75 Å². The average Bonchev–Trinajstić information content (AvgIpc) is 2.56. The zero-order chi connectivity index (χ0) is 16.5. The van der Waals surface area contributed by atoms with Crippen LogP contribution in [0.2, 0.25) is 0 Å². The highest BCUT2D eigenvalue weighted by Crippen LogP contribution is 2.16. The van der Waals surface area contributed by atoms with Gasteiger partial charge in [0.15, 0.2) is 0 Å². The first-order chi connectivity index (χ1) is 10.5. The Morgan fingerprint density at radius 3 is 2.64 bits per heavy atom. The molecular formula is C17H26N2O3. The highest BCUT2D eigenvalue weighted by molar-refractivity contribution is 5.87. The largest absolute Gasteiger partial charge is 0.497 e. The molecule has 0 radical (unpaired) electrons. The van der Waals surface area contributed by atoms with Crippen LogP contribution in [0.25, 0.3) is 0 Å². The number of benzene rings is 1. The van der Waals surface area contributed by atoms with E-state index in [0.29, 0.717) is 19.5 Å². The molecule has 0 bridgehead atoms. The molecule has 0 spiro atoms. The quantitative estimate of drug-likeness (QED) is 0.802. The lowest BCUT2D eigenvalue weighted by atomic mass is 10.1. The number of methoxy groups -OCH3 is 1. The molecule has 0 unspecified atom stereocenters. The molecule has 0 aliphatic carbocycles. The fraction of sp³-hybridized carbons (Fsp3) is 0.529. The SMILES string of the molecule is CCCNC(=O)[C@@H](C)N(Cc1cccc(OC)c1)C(=O)CC. The Balaban J connectivity index is 2.88. The molecule has 1 aromatic rings. The van der Waals surface area contributed by atoms with Crippen molar-refractivity contribution < 1.29 is 14.3 Å². The lowest BCUT2D eigenvalue weighted by Crippen LogP contribution is -2.47. The van der Waals surface area contributed by atoms with Crippen LogP contribution in [0.1, 0.15) is 39.2 Å². The maximum Gasteiger partial charge on any atom is 0.242 e. The van der Waals surface area contributed by atoms with Crippen LogP contribution in [0.3, 0.4) is 0 Å². The molecule has 1 aromatic carbocycles. The molecule has 1 atom stereocenters. The average molecular weight is 306 g/mol. The Bertz CT molecular complexity index is 502. The van der Waals surface area contributed by atoms with Gasteiger partial charge in [-0.15, -0.1) is 0 Å². The molecule has 0 aliphatic heterocycles. The van der Waals surface area contributed by atoms with Crippen molar-refractivity contribution in [2.45, 2.75) is 46.2 Å². The number of carbonyl (C=O) groups excluding carboxylic acids is 2. The van der Waals surface area contributed by atoms with Crippen LogP contribution in [0, 0.1) is 0 Å². The van der Waals surface area contributed by atoms with Crippen molar-refractivity contribution in [1.82, 2.24) is 10.2 Å². The lowest BCUT2D eigenvalue weighted by molar-refractivity contribution is -0.140. The number of hydrogen-bond acceptors (Lipinski definition) is 3. The van der Waals surface area contributed by atoms with E-state index in [4.69, 9.17) is 4.74 Å². The van der Waals surface area contributed by atoms with E-state index >= 15 is 0 Å². The number of nitrogens with zero attached hydrogens (tertiary/aromatic N) is 1. The predicted molar refractivity (Wildman–Crippen MR) is 86.6 cm³/mol. The minimum Gasteiger partial charge on any atom is -0.497 e. The number of amides is 2. The molecule has 1 rings (SSSR count). The van der Waals surface area contributed by atoms with Crippen LogP contribution in [0.4, 0.5) is 0 Å². The monoisotopic (exact) mass is 306 g/mol. The predicted octanol–water partition coefficient (Wildman–Crippen LogP) is 2.35. The van der Waals surface area contributed by atoms with Crippen LogP contribution in [-0.2, 0) is 16.1 Å². The minimum atomic E-state index is -0.495. The third-order valence-electron chi connectivity index (χ3n) is 3.51. The zero-order valence-electron chi connectivity index (χ0n) is 13.9. The molecule has 0 saturated carbocycles. The Labute approximate surface area is 132 Å². The van der Waals surface area contributed by atoms with E-state index in [-0.39, 0.29) is 11.8 Å². The van der Waals surface area contributed by atoms with Gasteiger partial charge in [0.05, 0.1) is 7.11 Å². The van der Waals surface area contributed by atoms with Gasteiger partial charge in [0.25, 0.3) is 0 Å². The number of nitrogens with one attached hydrogen (secondary N) is 1. The minimum absolute atomic E-state index is 0.0398. The second-order valence-electron chi connectivity index (χ2n) is 5.19. The summed E-state index contributed by atoms with van der Waals surface area (Å²) in [5.74, 6) is 0.581. The van der Waals surface area contributed by atoms with Gasteiger partial charge in [-0.3, -0.25) is 9.59 Å². The van der Waals surface area contributed by atoms with Crippen molar-refractivity contribution in [1.29, 1.82) is 0 Å². The molecule has 5 heteroatoms. The van der Waals surface area contributed by atoms with Crippen LogP contribution in [0.5, 0.6) is 5.75 Å². The highest BCUT2D eigenvalue weighted by atomic mass is 16.5. The number of hydrogen-bond donors (Lipinski definition) is 1. The first-order valence-electron chi connectivity index (χ1n) is 7.73. The Morgan fingerprint density at radius 2 is 2.05 bits per heavy atom. The summed E-state index contributed by atoms with van der Waals surface area (Å²) in [5, 5.41) is 2.84. The smallest absolute Gasteiger partial charge is 0.242 e. The molecular weight excluding hydrogens is 280 g/mol. The second-order valence-corrected chi connectivity index (χ2v) is 5.19. The number of ether oxygens (including phenoxy) is 1. The van der Waals surface area contributed by atoms with E-state index < -0.39 is 6.04 Å². The van der Waals surface area contributed by atoms with Gasteiger partial charge in [-0.1, -0.05) is 26.0 Å². The molecule has 0 aliphatic rings. The third kappa shape index (κ3) is 5.06. The van der Waals surface area contributed by atoms with Crippen LogP contribution < -0.4 is 10.1 Å². The fourth-order valence-corrected chi connectivity index (χ4v) is 2.15. The lowest BCUT2D eigenvalue weighted by Gasteiger charge is -2.28. The molecule has 122 valence electrons. The van der Waals surface area contributed by atoms with Crippen molar-refractivity contribution >= 4 is 11.8 Å². The Kier molecular flexibility index (Phi) is 7.43. The summed E-state index contributed by atoms with van der Waals surface area (Å²) < 4.78 is 5.20. The molecule has 1 N–H and O–H groups in total. The first-order valence-corrected chi connectivity index (χ1v) is 7.73. The van der Waals surface area contributed by atoms with E-state index in [2.05, 4.69) is 5.32 Å². The molecule has 22 heavy (non-hydrogen) atoms. The molecule has 5 nitrogen and oxygen atoms in total. The van der Waals surface area contributed by atoms with E-state index in [1.807, 2.05) is 31.2 Å². The number of rotatable bonds is 8. The van der Waals surface area contributed by atoms with Gasteiger partial charge in [-0.2, -0.15) is 0 Å². The molecule has 0 fully saturated rings. The van der Waals surface area contributed by atoms with Gasteiger partial charge >= 0.3 is 0 Å². The summed E-state index contributed by atoms with van der Waals surface area (Å²) >= 11 is 0. The van der Waals surface area contributed by atoms with E-state index in [1.54, 1.807) is 25.9 Å². The molecule has 0 heterocycles. The second kappa shape index (κ2) is 9.07. The standard InChI is InChI=1S/C17H26N2O3/c1-5-10-18-17(21)13(3)19(16(20)6-2)12-14-8-7-9-15(11-14)22-4/h7-9,11,13H,5-6,10,12H2,1-4H3,(H,18,21)/t13-/m1/s1. The summed E-state index contributed by atoms with van der Waals surface area (Å²) in [6.07, 6.45) is 1.24. The molecule has 0 saturated heterocycles. The van der Waals surface area contributed by atoms with Crippen molar-refractivity contribution in [2.24, 2.45) is 0 Å². The number of carbonyl (C=O) groups is 2. The summed E-state index contributed by atoms with van der Waals surface area (Å²) in [5.41, 5.74) is 0.941. The van der Waals surface area contributed by atoms with Crippen LogP contribution >= 0.6 is 0 Å². The van der Waals surface area contributed by atoms with Crippen LogP contribution in [-0.4, -0.2) is 36.4 Å². The summed E-state index contributed by atoms with van der Waals surface area (Å²) in [6.45, 7) is 6.58. The van der Waals surface area contributed by atoms with E-state index in [1.165, 1.54) is 0 Å². The summed E-state index contributed by atoms with van der Waals surface area (Å²) in [4.78, 5) is 26.0. The Morgan fingerprint density at radius 1 is 1.32 bits per heavy atom. The highest BCUT2D eigenvalue weighted by Gasteiger charge is 2.24. The molecule has 0 aromatic heterocycles. The van der Waals surface area contributed by atoms with Crippen molar-refractivity contribution in [2.75, 3.05) is 13.7 Å². The first kappa shape index (κ1) is 18.0. The van der Waals surface area contributed by atoms with E-state index in [9.17, 15) is 9.59 Å². The van der Waals surface area contributed by atoms with Gasteiger partial charge in [-0.25, -0.2) is 0 Å². The van der Waals surface area contributed by atoms with Gasteiger partial charge in [-0.05, 0) is 31.0 Å². The molecule has 2 amide bonds. The third-order valence-corrected chi connectivity index (χ3v) is 3.51. The fourth-order valence-electron chi connectivity index (χ4n) is 2.15. The van der Waals surface area contributed by atoms with Crippen molar-refractivity contribution in [3.05, 3.63) is 29.8 Å². The van der Waals surface area contributed by atoms with Gasteiger partial charge < -0.3 is 15.0 Å². The maximum atomic E-state index is 12.2. The maximum absolute atomic E-state index is 12.2.